The van der Waals surface area contributed by atoms with E-state index in [9.17, 15) is 10.1 Å². The predicted molar refractivity (Wildman–Crippen MR) is 72.1 cm³/mol. The number of nitro groups is 1. The zero-order valence-corrected chi connectivity index (χ0v) is 10.7. The summed E-state index contributed by atoms with van der Waals surface area (Å²) in [4.78, 5) is 14.5. The first kappa shape index (κ1) is 12.5. The lowest BCUT2D eigenvalue weighted by atomic mass is 10.2. The minimum atomic E-state index is -0.366. The van der Waals surface area contributed by atoms with Gasteiger partial charge in [0, 0.05) is 41.9 Å². The summed E-state index contributed by atoms with van der Waals surface area (Å²) in [5, 5.41) is 16.9. The van der Waals surface area contributed by atoms with E-state index in [1.54, 1.807) is 36.6 Å². The molecule has 0 unspecified atom stereocenters. The molecule has 0 saturated carbocycles. The van der Waals surface area contributed by atoms with Gasteiger partial charge in [-0.1, -0.05) is 0 Å². The Kier molecular flexibility index (Phi) is 3.88. The van der Waals surface area contributed by atoms with Gasteiger partial charge in [-0.15, -0.1) is 11.3 Å². The number of hydrogen-bond acceptors (Lipinski definition) is 5. The van der Waals surface area contributed by atoms with Crippen molar-refractivity contribution in [1.29, 1.82) is 0 Å². The van der Waals surface area contributed by atoms with E-state index in [2.05, 4.69) is 10.3 Å². The zero-order valence-electron chi connectivity index (χ0n) is 9.92. The molecule has 94 valence electrons. The average Bonchev–Trinajstić information content (AvgIpc) is 2.81. The van der Waals surface area contributed by atoms with Crippen LogP contribution in [0, 0.1) is 17.0 Å². The largest absolute Gasteiger partial charge is 0.385 e. The average molecular weight is 263 g/mol. The van der Waals surface area contributed by atoms with Crippen LogP contribution in [0.5, 0.6) is 0 Å². The van der Waals surface area contributed by atoms with Crippen LogP contribution in [0.25, 0.3) is 0 Å². The van der Waals surface area contributed by atoms with Gasteiger partial charge in [-0.05, 0) is 19.1 Å². The number of aromatic nitrogens is 1. The molecule has 1 aromatic carbocycles. The molecule has 0 fully saturated rings. The first-order valence-electron chi connectivity index (χ1n) is 5.54. The Balaban J connectivity index is 1.94. The Labute approximate surface area is 109 Å². The fourth-order valence-corrected chi connectivity index (χ4v) is 2.28. The molecule has 1 heterocycles. The molecule has 0 aliphatic rings. The number of benzene rings is 1. The van der Waals surface area contributed by atoms with Gasteiger partial charge in [0.1, 0.15) is 0 Å². The number of anilines is 1. The third-order valence-electron chi connectivity index (χ3n) is 2.54. The normalized spacial score (nSPS) is 10.3. The van der Waals surface area contributed by atoms with Crippen LogP contribution in [0.15, 0.2) is 29.8 Å². The van der Waals surface area contributed by atoms with Crippen molar-refractivity contribution in [3.63, 3.8) is 0 Å². The SMILES string of the molecule is Cc1cc(NCCc2nccs2)ccc1[N+](=O)[O-]. The topological polar surface area (TPSA) is 68.1 Å². The number of nitro benzene ring substituents is 1. The van der Waals surface area contributed by atoms with Gasteiger partial charge in [-0.2, -0.15) is 0 Å². The molecule has 0 amide bonds. The second-order valence-corrected chi connectivity index (χ2v) is 4.84. The highest BCUT2D eigenvalue weighted by molar-refractivity contribution is 7.09. The Bertz CT molecular complexity index is 540. The van der Waals surface area contributed by atoms with E-state index >= 15 is 0 Å². The maximum absolute atomic E-state index is 10.7. The summed E-state index contributed by atoms with van der Waals surface area (Å²) in [6, 6.07) is 5.05. The van der Waals surface area contributed by atoms with Gasteiger partial charge in [-0.3, -0.25) is 10.1 Å². The first-order valence-corrected chi connectivity index (χ1v) is 6.42. The monoisotopic (exact) mass is 263 g/mol. The van der Waals surface area contributed by atoms with Gasteiger partial charge in [0.2, 0.25) is 0 Å². The van der Waals surface area contributed by atoms with Crippen molar-refractivity contribution in [3.05, 3.63) is 50.5 Å². The summed E-state index contributed by atoms with van der Waals surface area (Å²) in [6.07, 6.45) is 2.64. The highest BCUT2D eigenvalue weighted by Gasteiger charge is 2.09. The number of nitrogens with zero attached hydrogens (tertiary/aromatic N) is 2. The molecule has 2 aromatic rings. The van der Waals surface area contributed by atoms with E-state index in [1.807, 2.05) is 5.38 Å². The predicted octanol–water partition coefficient (Wildman–Crippen LogP) is 3.01. The van der Waals surface area contributed by atoms with Crippen molar-refractivity contribution in [1.82, 2.24) is 4.98 Å². The fourth-order valence-electron chi connectivity index (χ4n) is 1.66. The van der Waals surface area contributed by atoms with Crippen LogP contribution < -0.4 is 5.32 Å². The van der Waals surface area contributed by atoms with Crippen LogP contribution in [0.4, 0.5) is 11.4 Å². The summed E-state index contributed by atoms with van der Waals surface area (Å²) < 4.78 is 0. The number of rotatable bonds is 5. The van der Waals surface area contributed by atoms with Crippen LogP contribution in [0.2, 0.25) is 0 Å². The molecule has 0 atom stereocenters. The van der Waals surface area contributed by atoms with Gasteiger partial charge in [0.25, 0.3) is 5.69 Å². The summed E-state index contributed by atoms with van der Waals surface area (Å²) >= 11 is 1.63. The Morgan fingerprint density at radius 1 is 1.50 bits per heavy atom. The van der Waals surface area contributed by atoms with E-state index in [-0.39, 0.29) is 10.6 Å². The summed E-state index contributed by atoms with van der Waals surface area (Å²) in [6.45, 7) is 2.51. The van der Waals surface area contributed by atoms with Gasteiger partial charge in [0.15, 0.2) is 0 Å². The minimum Gasteiger partial charge on any atom is -0.385 e. The molecule has 0 spiro atoms. The number of nitrogens with one attached hydrogen (secondary N) is 1. The van der Waals surface area contributed by atoms with Gasteiger partial charge < -0.3 is 5.32 Å². The highest BCUT2D eigenvalue weighted by Crippen LogP contribution is 2.21. The molecule has 18 heavy (non-hydrogen) atoms. The lowest BCUT2D eigenvalue weighted by Gasteiger charge is -2.06. The maximum Gasteiger partial charge on any atom is 0.272 e. The number of hydrogen-bond donors (Lipinski definition) is 1. The summed E-state index contributed by atoms with van der Waals surface area (Å²) in [7, 11) is 0. The molecule has 0 bridgehead atoms. The molecule has 1 N–H and O–H groups in total. The molecule has 1 aromatic heterocycles. The van der Waals surface area contributed by atoms with Crippen molar-refractivity contribution < 1.29 is 4.92 Å². The maximum atomic E-state index is 10.7. The van der Waals surface area contributed by atoms with E-state index in [0.29, 0.717) is 5.56 Å². The number of aryl methyl sites for hydroxylation is 1. The number of thiazole rings is 1. The van der Waals surface area contributed by atoms with Gasteiger partial charge >= 0.3 is 0 Å². The highest BCUT2D eigenvalue weighted by atomic mass is 32.1. The van der Waals surface area contributed by atoms with Crippen LogP contribution in [0.3, 0.4) is 0 Å². The molecule has 0 saturated heterocycles. The van der Waals surface area contributed by atoms with E-state index < -0.39 is 0 Å². The molecule has 0 radical (unpaired) electrons. The van der Waals surface area contributed by atoms with Crippen molar-refractivity contribution in [2.75, 3.05) is 11.9 Å². The van der Waals surface area contributed by atoms with Crippen molar-refractivity contribution in [2.45, 2.75) is 13.3 Å². The van der Waals surface area contributed by atoms with Crippen LogP contribution >= 0.6 is 11.3 Å². The van der Waals surface area contributed by atoms with Crippen molar-refractivity contribution in [3.8, 4) is 0 Å². The smallest absolute Gasteiger partial charge is 0.272 e. The van der Waals surface area contributed by atoms with Crippen LogP contribution in [0.1, 0.15) is 10.6 Å². The standard InChI is InChI=1S/C12H13N3O2S/c1-9-8-10(2-3-11(9)15(16)17)13-5-4-12-14-6-7-18-12/h2-3,6-8,13H,4-5H2,1H3. The fraction of sp³-hybridized carbons (Fsp3) is 0.250. The third kappa shape index (κ3) is 3.04. The van der Waals surface area contributed by atoms with Gasteiger partial charge in [-0.25, -0.2) is 4.98 Å². The molecular weight excluding hydrogens is 250 g/mol. The molecular formula is C12H13N3O2S. The second kappa shape index (κ2) is 5.59. The van der Waals surface area contributed by atoms with E-state index in [0.717, 1.165) is 23.7 Å². The quantitative estimate of drug-likeness (QED) is 0.665. The summed E-state index contributed by atoms with van der Waals surface area (Å²) in [5.41, 5.74) is 1.72. The van der Waals surface area contributed by atoms with Crippen molar-refractivity contribution in [2.24, 2.45) is 0 Å². The van der Waals surface area contributed by atoms with E-state index in [1.165, 1.54) is 6.07 Å². The lowest BCUT2D eigenvalue weighted by Crippen LogP contribution is -2.05. The lowest BCUT2D eigenvalue weighted by molar-refractivity contribution is -0.385. The summed E-state index contributed by atoms with van der Waals surface area (Å²) in [5.74, 6) is 0. The zero-order chi connectivity index (χ0) is 13.0. The molecule has 6 heteroatoms. The molecule has 2 rings (SSSR count). The first-order chi connectivity index (χ1) is 8.66. The third-order valence-corrected chi connectivity index (χ3v) is 3.38. The Hall–Kier alpha value is -1.95. The molecule has 0 aliphatic heterocycles. The van der Waals surface area contributed by atoms with Gasteiger partial charge in [0.05, 0.1) is 9.93 Å². The minimum absolute atomic E-state index is 0.153. The Morgan fingerprint density at radius 2 is 2.33 bits per heavy atom. The molecule has 0 aliphatic carbocycles. The molecule has 5 nitrogen and oxygen atoms in total. The Morgan fingerprint density at radius 3 is 2.94 bits per heavy atom. The van der Waals surface area contributed by atoms with Crippen molar-refractivity contribution >= 4 is 22.7 Å². The van der Waals surface area contributed by atoms with Crippen LogP contribution in [-0.4, -0.2) is 16.5 Å². The van der Waals surface area contributed by atoms with E-state index in [4.69, 9.17) is 0 Å². The van der Waals surface area contributed by atoms with Crippen LogP contribution in [-0.2, 0) is 6.42 Å². The second-order valence-electron chi connectivity index (χ2n) is 3.86.